The molecule has 1 heterocycles. The highest BCUT2D eigenvalue weighted by Gasteiger charge is 2.27. The lowest BCUT2D eigenvalue weighted by Crippen LogP contribution is -2.50. The second kappa shape index (κ2) is 6.17. The van der Waals surface area contributed by atoms with E-state index in [0.29, 0.717) is 19.5 Å². The molecule has 2 unspecified atom stereocenters. The molecule has 1 saturated heterocycles. The highest BCUT2D eigenvalue weighted by atomic mass is 16.5. The van der Waals surface area contributed by atoms with Crippen molar-refractivity contribution >= 4 is 5.91 Å². The van der Waals surface area contributed by atoms with Crippen molar-refractivity contribution in [3.63, 3.8) is 0 Å². The molecule has 2 rings (SSSR count). The van der Waals surface area contributed by atoms with Crippen LogP contribution in [0.3, 0.4) is 0 Å². The second-order valence-electron chi connectivity index (χ2n) is 5.15. The molecule has 4 nitrogen and oxygen atoms in total. The smallest absolute Gasteiger partial charge is 0.227 e. The molecule has 1 amide bonds. The molecule has 104 valence electrons. The number of carbonyl (C=O) groups excluding carboxylic acids is 1. The van der Waals surface area contributed by atoms with Gasteiger partial charge in [-0.3, -0.25) is 4.79 Å². The lowest BCUT2D eigenvalue weighted by molar-refractivity contribution is -0.146. The van der Waals surface area contributed by atoms with E-state index in [-0.39, 0.29) is 24.7 Å². The van der Waals surface area contributed by atoms with Gasteiger partial charge in [0.25, 0.3) is 0 Å². The average Bonchev–Trinajstić information content (AvgIpc) is 2.40. The van der Waals surface area contributed by atoms with Crippen LogP contribution in [0.4, 0.5) is 0 Å². The van der Waals surface area contributed by atoms with Crippen molar-refractivity contribution in [2.24, 2.45) is 0 Å². The molecule has 19 heavy (non-hydrogen) atoms. The molecular weight excluding hydrogens is 242 g/mol. The van der Waals surface area contributed by atoms with Crippen LogP contribution in [0.2, 0.25) is 0 Å². The highest BCUT2D eigenvalue weighted by Crippen LogP contribution is 2.14. The average molecular weight is 263 g/mol. The van der Waals surface area contributed by atoms with Crippen LogP contribution in [-0.4, -0.2) is 47.8 Å². The van der Waals surface area contributed by atoms with Gasteiger partial charge in [-0.05, 0) is 25.0 Å². The van der Waals surface area contributed by atoms with Gasteiger partial charge < -0.3 is 14.7 Å². The van der Waals surface area contributed by atoms with Crippen molar-refractivity contribution in [2.45, 2.75) is 32.5 Å². The summed E-state index contributed by atoms with van der Waals surface area (Å²) in [5.41, 5.74) is 2.20. The van der Waals surface area contributed by atoms with Crippen LogP contribution < -0.4 is 0 Å². The van der Waals surface area contributed by atoms with Crippen molar-refractivity contribution in [2.75, 3.05) is 19.7 Å². The fourth-order valence-electron chi connectivity index (χ4n) is 2.43. The van der Waals surface area contributed by atoms with Crippen LogP contribution in [-0.2, 0) is 16.0 Å². The maximum atomic E-state index is 12.3. The predicted molar refractivity (Wildman–Crippen MR) is 72.9 cm³/mol. The van der Waals surface area contributed by atoms with Gasteiger partial charge in [0, 0.05) is 13.1 Å². The molecule has 0 radical (unpaired) electrons. The molecule has 4 heteroatoms. The molecule has 0 saturated carbocycles. The summed E-state index contributed by atoms with van der Waals surface area (Å²) in [5.74, 6) is 0.0999. The Labute approximate surface area is 114 Å². The van der Waals surface area contributed by atoms with Gasteiger partial charge in [0.1, 0.15) is 0 Å². The fourth-order valence-corrected chi connectivity index (χ4v) is 2.43. The number of hydrogen-bond donors (Lipinski definition) is 1. The molecule has 1 aliphatic rings. The van der Waals surface area contributed by atoms with Crippen LogP contribution in [0.1, 0.15) is 18.1 Å². The fraction of sp³-hybridized carbons (Fsp3) is 0.533. The molecule has 0 aromatic heterocycles. The van der Waals surface area contributed by atoms with Gasteiger partial charge >= 0.3 is 0 Å². The van der Waals surface area contributed by atoms with E-state index in [9.17, 15) is 9.90 Å². The molecule has 1 aromatic rings. The highest BCUT2D eigenvalue weighted by molar-refractivity contribution is 5.79. The van der Waals surface area contributed by atoms with Crippen LogP contribution in [0.5, 0.6) is 0 Å². The monoisotopic (exact) mass is 263 g/mol. The third-order valence-corrected chi connectivity index (χ3v) is 3.49. The second-order valence-corrected chi connectivity index (χ2v) is 5.15. The van der Waals surface area contributed by atoms with Crippen molar-refractivity contribution in [1.82, 2.24) is 4.90 Å². The van der Waals surface area contributed by atoms with Crippen molar-refractivity contribution in [3.8, 4) is 0 Å². The summed E-state index contributed by atoms with van der Waals surface area (Å²) >= 11 is 0. The van der Waals surface area contributed by atoms with Crippen molar-refractivity contribution in [1.29, 1.82) is 0 Å². The Morgan fingerprint density at radius 1 is 1.42 bits per heavy atom. The summed E-state index contributed by atoms with van der Waals surface area (Å²) in [6, 6.07) is 7.93. The van der Waals surface area contributed by atoms with Crippen LogP contribution in [0.15, 0.2) is 24.3 Å². The molecule has 1 N–H and O–H groups in total. The minimum Gasteiger partial charge on any atom is -0.394 e. The van der Waals surface area contributed by atoms with Gasteiger partial charge in [-0.2, -0.15) is 0 Å². The number of aliphatic hydroxyl groups is 1. The number of aliphatic hydroxyl groups excluding tert-OH is 1. The Hall–Kier alpha value is -1.39. The number of amides is 1. The molecule has 0 aliphatic carbocycles. The maximum Gasteiger partial charge on any atom is 0.227 e. The molecule has 0 bridgehead atoms. The zero-order valence-corrected chi connectivity index (χ0v) is 11.5. The van der Waals surface area contributed by atoms with E-state index in [0.717, 1.165) is 11.1 Å². The van der Waals surface area contributed by atoms with E-state index >= 15 is 0 Å². The van der Waals surface area contributed by atoms with Gasteiger partial charge in [0.2, 0.25) is 5.91 Å². The van der Waals surface area contributed by atoms with E-state index in [1.807, 2.05) is 38.1 Å². The molecule has 1 fully saturated rings. The quantitative estimate of drug-likeness (QED) is 0.890. The van der Waals surface area contributed by atoms with Crippen LogP contribution >= 0.6 is 0 Å². The van der Waals surface area contributed by atoms with Crippen LogP contribution in [0.25, 0.3) is 0 Å². The molecular formula is C15H21NO3. The zero-order chi connectivity index (χ0) is 13.8. The van der Waals surface area contributed by atoms with Gasteiger partial charge in [0.15, 0.2) is 0 Å². The number of hydrogen-bond acceptors (Lipinski definition) is 3. The third-order valence-electron chi connectivity index (χ3n) is 3.49. The van der Waals surface area contributed by atoms with Gasteiger partial charge in [-0.25, -0.2) is 0 Å². The van der Waals surface area contributed by atoms with Gasteiger partial charge in [-0.15, -0.1) is 0 Å². The zero-order valence-electron chi connectivity index (χ0n) is 11.5. The van der Waals surface area contributed by atoms with E-state index in [2.05, 4.69) is 0 Å². The summed E-state index contributed by atoms with van der Waals surface area (Å²) < 4.78 is 5.55. The number of morpholine rings is 1. The number of carbonyl (C=O) groups is 1. The first-order valence-electron chi connectivity index (χ1n) is 6.68. The van der Waals surface area contributed by atoms with Crippen LogP contribution in [0, 0.1) is 6.92 Å². The number of rotatable bonds is 3. The standard InChI is InChI=1S/C15H21NO3/c1-11-5-3-4-6-13(11)7-15(18)16-8-12(2)19-14(9-16)10-17/h3-6,12,14,17H,7-10H2,1-2H3. The van der Waals surface area contributed by atoms with E-state index < -0.39 is 0 Å². The van der Waals surface area contributed by atoms with Gasteiger partial charge in [-0.1, -0.05) is 24.3 Å². The minimum absolute atomic E-state index is 0.0216. The van der Waals surface area contributed by atoms with E-state index in [1.54, 1.807) is 4.90 Å². The first kappa shape index (κ1) is 14.0. The molecule has 1 aromatic carbocycles. The number of benzene rings is 1. The summed E-state index contributed by atoms with van der Waals surface area (Å²) in [6.45, 7) is 4.97. The number of ether oxygens (including phenoxy) is 1. The Kier molecular flexibility index (Phi) is 4.56. The minimum atomic E-state index is -0.260. The summed E-state index contributed by atoms with van der Waals surface area (Å²) in [6.07, 6.45) is 0.133. The molecule has 1 aliphatic heterocycles. The Morgan fingerprint density at radius 3 is 2.84 bits per heavy atom. The topological polar surface area (TPSA) is 49.8 Å². The Bertz CT molecular complexity index is 447. The van der Waals surface area contributed by atoms with E-state index in [4.69, 9.17) is 4.74 Å². The number of aryl methyl sites for hydroxylation is 1. The predicted octanol–water partition coefficient (Wildman–Crippen LogP) is 1.15. The third kappa shape index (κ3) is 3.55. The first-order chi connectivity index (χ1) is 9.10. The lowest BCUT2D eigenvalue weighted by atomic mass is 10.0. The largest absolute Gasteiger partial charge is 0.394 e. The number of nitrogens with zero attached hydrogens (tertiary/aromatic N) is 1. The summed E-state index contributed by atoms with van der Waals surface area (Å²) in [5, 5.41) is 9.18. The summed E-state index contributed by atoms with van der Waals surface area (Å²) in [4.78, 5) is 14.1. The Balaban J connectivity index is 2.01. The molecule has 0 spiro atoms. The maximum absolute atomic E-state index is 12.3. The lowest BCUT2D eigenvalue weighted by Gasteiger charge is -2.36. The SMILES string of the molecule is Cc1ccccc1CC(=O)N1CC(C)OC(CO)C1. The van der Waals surface area contributed by atoms with Crippen molar-refractivity contribution < 1.29 is 14.6 Å². The Morgan fingerprint density at radius 2 is 2.16 bits per heavy atom. The first-order valence-corrected chi connectivity index (χ1v) is 6.68. The van der Waals surface area contributed by atoms with E-state index in [1.165, 1.54) is 0 Å². The van der Waals surface area contributed by atoms with Crippen molar-refractivity contribution in [3.05, 3.63) is 35.4 Å². The molecule has 2 atom stereocenters. The normalized spacial score (nSPS) is 23.4. The van der Waals surface area contributed by atoms with Gasteiger partial charge in [0.05, 0.1) is 25.2 Å². The summed E-state index contributed by atoms with van der Waals surface area (Å²) in [7, 11) is 0.